The maximum atomic E-state index is 12.2. The Morgan fingerprint density at radius 2 is 1.83 bits per heavy atom. The molecule has 2 aromatic rings. The van der Waals surface area contributed by atoms with Gasteiger partial charge < -0.3 is 19.5 Å². The number of carbonyl (C=O) groups excluding carboxylic acids is 2. The molecule has 0 atom stereocenters. The normalized spacial score (nSPS) is 10.9. The molecule has 2 aromatic carbocycles. The van der Waals surface area contributed by atoms with Gasteiger partial charge in [0.15, 0.2) is 27.9 Å². The van der Waals surface area contributed by atoms with E-state index in [1.165, 1.54) is 37.4 Å². The van der Waals surface area contributed by atoms with Crippen molar-refractivity contribution in [3.8, 4) is 11.5 Å². The van der Waals surface area contributed by atoms with Crippen LogP contribution in [0.15, 0.2) is 41.3 Å². The lowest BCUT2D eigenvalue weighted by Crippen LogP contribution is -2.21. The largest absolute Gasteiger partial charge is 0.493 e. The molecule has 2 rings (SSSR count). The van der Waals surface area contributed by atoms with Crippen LogP contribution < -0.4 is 14.8 Å². The molecule has 0 saturated heterocycles. The van der Waals surface area contributed by atoms with E-state index in [0.29, 0.717) is 18.1 Å². The summed E-state index contributed by atoms with van der Waals surface area (Å²) in [4.78, 5) is 24.4. The van der Waals surface area contributed by atoms with E-state index in [4.69, 9.17) is 25.8 Å². The number of amides is 1. The van der Waals surface area contributed by atoms with Crippen LogP contribution in [-0.4, -0.2) is 46.9 Å². The smallest absolute Gasteiger partial charge is 0.338 e. The number of methoxy groups -OCH3 is 1. The van der Waals surface area contributed by atoms with Crippen molar-refractivity contribution in [3.63, 3.8) is 0 Å². The van der Waals surface area contributed by atoms with E-state index in [1.807, 2.05) is 6.92 Å². The number of hydrogen-bond donors (Lipinski definition) is 1. The summed E-state index contributed by atoms with van der Waals surface area (Å²) in [5.74, 6) is -0.548. The van der Waals surface area contributed by atoms with Crippen LogP contribution in [0.1, 0.15) is 23.7 Å². The third-order valence-corrected chi connectivity index (χ3v) is 5.28. The van der Waals surface area contributed by atoms with Crippen molar-refractivity contribution >= 4 is 39.0 Å². The topological polar surface area (TPSA) is 108 Å². The molecule has 0 unspecified atom stereocenters. The molecule has 10 heteroatoms. The van der Waals surface area contributed by atoms with Gasteiger partial charge in [-0.3, -0.25) is 4.79 Å². The monoisotopic (exact) mass is 455 g/mol. The second kappa shape index (κ2) is 10.3. The van der Waals surface area contributed by atoms with Gasteiger partial charge in [0.2, 0.25) is 0 Å². The van der Waals surface area contributed by atoms with E-state index in [9.17, 15) is 18.0 Å². The maximum Gasteiger partial charge on any atom is 0.338 e. The van der Waals surface area contributed by atoms with E-state index in [-0.39, 0.29) is 21.2 Å². The number of nitrogens with one attached hydrogen (secondary N) is 1. The highest BCUT2D eigenvalue weighted by Gasteiger charge is 2.16. The molecule has 8 nitrogen and oxygen atoms in total. The van der Waals surface area contributed by atoms with Gasteiger partial charge in [0.25, 0.3) is 5.91 Å². The number of ether oxygens (including phenoxy) is 3. The van der Waals surface area contributed by atoms with Crippen LogP contribution in [-0.2, 0) is 19.4 Å². The van der Waals surface area contributed by atoms with Crippen LogP contribution in [0, 0.1) is 0 Å². The lowest BCUT2D eigenvalue weighted by Gasteiger charge is -2.12. The highest BCUT2D eigenvalue weighted by atomic mass is 35.5. The van der Waals surface area contributed by atoms with Crippen molar-refractivity contribution in [2.75, 3.05) is 31.9 Å². The van der Waals surface area contributed by atoms with Crippen molar-refractivity contribution in [1.82, 2.24) is 0 Å². The summed E-state index contributed by atoms with van der Waals surface area (Å²) in [5, 5.41) is 2.57. The van der Waals surface area contributed by atoms with E-state index in [0.717, 1.165) is 12.7 Å². The van der Waals surface area contributed by atoms with Crippen LogP contribution >= 0.6 is 11.6 Å². The van der Waals surface area contributed by atoms with Gasteiger partial charge in [0.1, 0.15) is 0 Å². The van der Waals surface area contributed by atoms with Gasteiger partial charge >= 0.3 is 5.97 Å². The Hall–Kier alpha value is -2.78. The summed E-state index contributed by atoms with van der Waals surface area (Å²) in [7, 11) is -2.02. The molecule has 0 radical (unpaired) electrons. The quantitative estimate of drug-likeness (QED) is 0.577. The van der Waals surface area contributed by atoms with Crippen LogP contribution in [0.3, 0.4) is 0 Å². The SMILES string of the molecule is CCCOc1ccc(C(=O)OCC(=O)Nc2cc(S(C)(=O)=O)ccc2Cl)cc1OC. The van der Waals surface area contributed by atoms with Crippen LogP contribution in [0.25, 0.3) is 0 Å². The first-order chi connectivity index (χ1) is 14.2. The minimum Gasteiger partial charge on any atom is -0.493 e. The summed E-state index contributed by atoms with van der Waals surface area (Å²) in [5.41, 5.74) is 0.278. The Labute approximate surface area is 180 Å². The third kappa shape index (κ3) is 6.36. The van der Waals surface area contributed by atoms with Gasteiger partial charge in [0, 0.05) is 6.26 Å². The fraction of sp³-hybridized carbons (Fsp3) is 0.300. The fourth-order valence-electron chi connectivity index (χ4n) is 2.36. The van der Waals surface area contributed by atoms with E-state index >= 15 is 0 Å². The fourth-order valence-corrected chi connectivity index (χ4v) is 3.17. The summed E-state index contributed by atoms with van der Waals surface area (Å²) < 4.78 is 39.0. The van der Waals surface area contributed by atoms with Gasteiger partial charge in [0.05, 0.1) is 34.9 Å². The molecule has 0 aliphatic rings. The minimum absolute atomic E-state index is 0.00308. The van der Waals surface area contributed by atoms with Crippen molar-refractivity contribution in [2.24, 2.45) is 0 Å². The van der Waals surface area contributed by atoms with Crippen molar-refractivity contribution in [1.29, 1.82) is 0 Å². The Kier molecular flexibility index (Phi) is 8.08. The lowest BCUT2D eigenvalue weighted by molar-refractivity contribution is -0.119. The Morgan fingerprint density at radius 1 is 1.10 bits per heavy atom. The zero-order chi connectivity index (χ0) is 22.3. The Bertz CT molecular complexity index is 1040. The summed E-state index contributed by atoms with van der Waals surface area (Å²) in [6.07, 6.45) is 1.86. The highest BCUT2D eigenvalue weighted by molar-refractivity contribution is 7.90. The molecule has 1 amide bonds. The molecular weight excluding hydrogens is 434 g/mol. The third-order valence-electron chi connectivity index (χ3n) is 3.84. The van der Waals surface area contributed by atoms with Gasteiger partial charge in [-0.25, -0.2) is 13.2 Å². The molecule has 0 spiro atoms. The van der Waals surface area contributed by atoms with Crippen molar-refractivity contribution in [3.05, 3.63) is 47.0 Å². The molecule has 0 aromatic heterocycles. The number of carbonyl (C=O) groups is 2. The standard InChI is InChI=1S/C20H22ClNO7S/c1-4-9-28-17-8-5-13(10-18(17)27-2)20(24)29-12-19(23)22-16-11-14(30(3,25)26)6-7-15(16)21/h5-8,10-11H,4,9,12H2,1-3H3,(H,22,23). The number of esters is 1. The van der Waals surface area contributed by atoms with Gasteiger partial charge in [-0.2, -0.15) is 0 Å². The number of benzene rings is 2. The average molecular weight is 456 g/mol. The van der Waals surface area contributed by atoms with Crippen molar-refractivity contribution in [2.45, 2.75) is 18.2 Å². The van der Waals surface area contributed by atoms with E-state index in [1.54, 1.807) is 6.07 Å². The van der Waals surface area contributed by atoms with Crippen LogP contribution in [0.5, 0.6) is 11.5 Å². The first-order valence-electron chi connectivity index (χ1n) is 8.93. The average Bonchev–Trinajstić information content (AvgIpc) is 2.71. The molecule has 0 fully saturated rings. The molecule has 0 heterocycles. The summed E-state index contributed by atoms with van der Waals surface area (Å²) >= 11 is 5.99. The highest BCUT2D eigenvalue weighted by Crippen LogP contribution is 2.28. The van der Waals surface area contributed by atoms with Crippen molar-refractivity contribution < 1.29 is 32.2 Å². The minimum atomic E-state index is -3.47. The molecule has 0 aliphatic carbocycles. The van der Waals surface area contributed by atoms with Crippen LogP contribution in [0.4, 0.5) is 5.69 Å². The molecule has 0 aliphatic heterocycles. The molecule has 0 bridgehead atoms. The number of anilines is 1. The predicted molar refractivity (Wildman–Crippen MR) is 112 cm³/mol. The second-order valence-corrected chi connectivity index (χ2v) is 8.68. The lowest BCUT2D eigenvalue weighted by atomic mass is 10.2. The molecule has 1 N–H and O–H groups in total. The number of hydrogen-bond acceptors (Lipinski definition) is 7. The van der Waals surface area contributed by atoms with E-state index < -0.39 is 28.3 Å². The van der Waals surface area contributed by atoms with Gasteiger partial charge in [-0.05, 0) is 42.8 Å². The zero-order valence-electron chi connectivity index (χ0n) is 16.7. The zero-order valence-corrected chi connectivity index (χ0v) is 18.3. The second-order valence-electron chi connectivity index (χ2n) is 6.25. The molecular formula is C20H22ClNO7S. The molecule has 162 valence electrons. The molecule has 0 saturated carbocycles. The van der Waals surface area contributed by atoms with E-state index in [2.05, 4.69) is 5.32 Å². The Balaban J connectivity index is 2.02. The van der Waals surface area contributed by atoms with Gasteiger partial charge in [-0.1, -0.05) is 18.5 Å². The number of rotatable bonds is 9. The first-order valence-corrected chi connectivity index (χ1v) is 11.2. The maximum absolute atomic E-state index is 12.2. The van der Waals surface area contributed by atoms with Gasteiger partial charge in [-0.15, -0.1) is 0 Å². The number of halogens is 1. The van der Waals surface area contributed by atoms with Crippen LogP contribution in [0.2, 0.25) is 5.02 Å². The summed E-state index contributed by atoms with van der Waals surface area (Å²) in [6.45, 7) is 1.88. The predicted octanol–water partition coefficient (Wildman–Crippen LogP) is 3.34. The first kappa shape index (κ1) is 23.5. The Morgan fingerprint density at radius 3 is 2.47 bits per heavy atom. The summed E-state index contributed by atoms with van der Waals surface area (Å²) in [6, 6.07) is 8.46. The molecule has 30 heavy (non-hydrogen) atoms. The number of sulfone groups is 1.